The van der Waals surface area contributed by atoms with E-state index in [1.165, 1.54) is 29.7 Å². The lowest BCUT2D eigenvalue weighted by molar-refractivity contribution is 0.585. The SMILES string of the molecule is CC(C)Cc1nc2cc(CN)ccc2n1C1CC1. The molecule has 3 nitrogen and oxygen atoms in total. The molecule has 1 saturated carbocycles. The van der Waals surface area contributed by atoms with Crippen LogP contribution in [0.3, 0.4) is 0 Å². The molecule has 2 aromatic rings. The van der Waals surface area contributed by atoms with Crippen LogP contribution < -0.4 is 5.73 Å². The number of nitrogens with zero attached hydrogens (tertiary/aromatic N) is 2. The van der Waals surface area contributed by atoms with E-state index in [0.717, 1.165) is 11.9 Å². The predicted octanol–water partition coefficient (Wildman–Crippen LogP) is 3.03. The van der Waals surface area contributed by atoms with Crippen molar-refractivity contribution in [2.75, 3.05) is 0 Å². The fraction of sp³-hybridized carbons (Fsp3) is 0.533. The third kappa shape index (κ3) is 2.03. The summed E-state index contributed by atoms with van der Waals surface area (Å²) < 4.78 is 2.45. The Balaban J connectivity index is 2.12. The van der Waals surface area contributed by atoms with Crippen LogP contribution in [0, 0.1) is 5.92 Å². The van der Waals surface area contributed by atoms with E-state index in [1.54, 1.807) is 0 Å². The largest absolute Gasteiger partial charge is 0.326 e. The predicted molar refractivity (Wildman–Crippen MR) is 74.4 cm³/mol. The minimum atomic E-state index is 0.589. The third-order valence-corrected chi connectivity index (χ3v) is 3.57. The first-order chi connectivity index (χ1) is 8.69. The molecule has 0 radical (unpaired) electrons. The number of benzene rings is 1. The van der Waals surface area contributed by atoms with Crippen molar-refractivity contribution in [2.45, 2.75) is 45.7 Å². The third-order valence-electron chi connectivity index (χ3n) is 3.57. The molecule has 0 amide bonds. The van der Waals surface area contributed by atoms with Crippen LogP contribution in [0.15, 0.2) is 18.2 Å². The van der Waals surface area contributed by atoms with Crippen molar-refractivity contribution < 1.29 is 0 Å². The summed E-state index contributed by atoms with van der Waals surface area (Å²) in [6.45, 7) is 5.09. The van der Waals surface area contributed by atoms with Gasteiger partial charge in [-0.2, -0.15) is 0 Å². The molecule has 0 aliphatic heterocycles. The van der Waals surface area contributed by atoms with Gasteiger partial charge in [0.05, 0.1) is 11.0 Å². The summed E-state index contributed by atoms with van der Waals surface area (Å²) in [4.78, 5) is 4.83. The van der Waals surface area contributed by atoms with Crippen LogP contribution in [-0.4, -0.2) is 9.55 Å². The Morgan fingerprint density at radius 2 is 2.17 bits per heavy atom. The summed E-state index contributed by atoms with van der Waals surface area (Å²) in [5.41, 5.74) is 9.26. The van der Waals surface area contributed by atoms with Crippen molar-refractivity contribution in [1.82, 2.24) is 9.55 Å². The number of imidazole rings is 1. The zero-order valence-corrected chi connectivity index (χ0v) is 11.2. The first kappa shape index (κ1) is 11.7. The topological polar surface area (TPSA) is 43.8 Å². The second-order valence-corrected chi connectivity index (χ2v) is 5.75. The van der Waals surface area contributed by atoms with E-state index in [1.807, 2.05) is 0 Å². The van der Waals surface area contributed by atoms with Gasteiger partial charge in [0.2, 0.25) is 0 Å². The zero-order valence-electron chi connectivity index (χ0n) is 11.2. The number of aromatic nitrogens is 2. The molecule has 1 aromatic heterocycles. The number of rotatable bonds is 4. The van der Waals surface area contributed by atoms with Crippen molar-refractivity contribution in [1.29, 1.82) is 0 Å². The molecule has 0 spiro atoms. The summed E-state index contributed by atoms with van der Waals surface area (Å²) in [5, 5.41) is 0. The second-order valence-electron chi connectivity index (χ2n) is 5.75. The molecule has 18 heavy (non-hydrogen) atoms. The fourth-order valence-corrected chi connectivity index (χ4v) is 2.57. The van der Waals surface area contributed by atoms with E-state index < -0.39 is 0 Å². The second kappa shape index (κ2) is 4.39. The highest BCUT2D eigenvalue weighted by Crippen LogP contribution is 2.39. The molecular formula is C15H21N3. The zero-order chi connectivity index (χ0) is 12.7. The molecule has 3 rings (SSSR count). The fourth-order valence-electron chi connectivity index (χ4n) is 2.57. The molecule has 3 heteroatoms. The Morgan fingerprint density at radius 3 is 2.78 bits per heavy atom. The quantitative estimate of drug-likeness (QED) is 0.897. The van der Waals surface area contributed by atoms with E-state index in [-0.39, 0.29) is 0 Å². The number of hydrogen-bond donors (Lipinski definition) is 1. The van der Waals surface area contributed by atoms with Crippen molar-refractivity contribution in [3.63, 3.8) is 0 Å². The molecular weight excluding hydrogens is 222 g/mol. The van der Waals surface area contributed by atoms with Crippen LogP contribution in [-0.2, 0) is 13.0 Å². The lowest BCUT2D eigenvalue weighted by Crippen LogP contribution is -2.05. The van der Waals surface area contributed by atoms with Gasteiger partial charge in [-0.05, 0) is 36.5 Å². The first-order valence-electron chi connectivity index (χ1n) is 6.89. The Labute approximate surface area is 108 Å². The monoisotopic (exact) mass is 243 g/mol. The van der Waals surface area contributed by atoms with Gasteiger partial charge in [0, 0.05) is 19.0 Å². The first-order valence-corrected chi connectivity index (χ1v) is 6.89. The van der Waals surface area contributed by atoms with Gasteiger partial charge in [-0.3, -0.25) is 0 Å². The van der Waals surface area contributed by atoms with Crippen molar-refractivity contribution in [3.05, 3.63) is 29.6 Å². The summed E-state index contributed by atoms with van der Waals surface area (Å²) in [6, 6.07) is 7.14. The molecule has 1 aliphatic rings. The number of nitrogens with two attached hydrogens (primary N) is 1. The van der Waals surface area contributed by atoms with Crippen LogP contribution >= 0.6 is 0 Å². The highest BCUT2D eigenvalue weighted by Gasteiger charge is 2.28. The Kier molecular flexibility index (Phi) is 2.86. The normalized spacial score (nSPS) is 15.8. The molecule has 2 N–H and O–H groups in total. The van der Waals surface area contributed by atoms with Crippen LogP contribution in [0.5, 0.6) is 0 Å². The van der Waals surface area contributed by atoms with Gasteiger partial charge in [0.25, 0.3) is 0 Å². The molecule has 0 atom stereocenters. The van der Waals surface area contributed by atoms with Gasteiger partial charge in [-0.1, -0.05) is 19.9 Å². The highest BCUT2D eigenvalue weighted by molar-refractivity contribution is 5.77. The standard InChI is InChI=1S/C15H21N3/c1-10(2)7-15-17-13-8-11(9-16)3-6-14(13)18(15)12-4-5-12/h3,6,8,10,12H,4-5,7,9,16H2,1-2H3. The molecule has 1 fully saturated rings. The molecule has 1 aliphatic carbocycles. The van der Waals surface area contributed by atoms with Gasteiger partial charge in [0.15, 0.2) is 0 Å². The minimum absolute atomic E-state index is 0.589. The summed E-state index contributed by atoms with van der Waals surface area (Å²) in [5.74, 6) is 1.89. The van der Waals surface area contributed by atoms with Gasteiger partial charge in [-0.15, -0.1) is 0 Å². The Bertz CT molecular complexity index is 564. The molecule has 96 valence electrons. The van der Waals surface area contributed by atoms with Crippen molar-refractivity contribution >= 4 is 11.0 Å². The van der Waals surface area contributed by atoms with Crippen LogP contribution in [0.2, 0.25) is 0 Å². The summed E-state index contributed by atoms with van der Waals surface area (Å²) >= 11 is 0. The minimum Gasteiger partial charge on any atom is -0.326 e. The van der Waals surface area contributed by atoms with E-state index in [9.17, 15) is 0 Å². The van der Waals surface area contributed by atoms with Crippen molar-refractivity contribution in [3.8, 4) is 0 Å². The number of hydrogen-bond acceptors (Lipinski definition) is 2. The summed E-state index contributed by atoms with van der Waals surface area (Å²) in [7, 11) is 0. The summed E-state index contributed by atoms with van der Waals surface area (Å²) in [6.07, 6.45) is 3.66. The smallest absolute Gasteiger partial charge is 0.110 e. The van der Waals surface area contributed by atoms with Gasteiger partial charge < -0.3 is 10.3 Å². The van der Waals surface area contributed by atoms with Gasteiger partial charge in [0.1, 0.15) is 5.82 Å². The Morgan fingerprint density at radius 1 is 1.39 bits per heavy atom. The maximum absolute atomic E-state index is 5.70. The van der Waals surface area contributed by atoms with Crippen LogP contribution in [0.1, 0.15) is 44.1 Å². The lowest BCUT2D eigenvalue weighted by atomic mass is 10.1. The maximum atomic E-state index is 5.70. The highest BCUT2D eigenvalue weighted by atomic mass is 15.1. The Hall–Kier alpha value is -1.35. The van der Waals surface area contributed by atoms with Crippen molar-refractivity contribution in [2.24, 2.45) is 11.7 Å². The average molecular weight is 243 g/mol. The molecule has 1 aromatic carbocycles. The van der Waals surface area contributed by atoms with E-state index in [0.29, 0.717) is 18.5 Å². The van der Waals surface area contributed by atoms with Crippen LogP contribution in [0.25, 0.3) is 11.0 Å². The number of fused-ring (bicyclic) bond motifs is 1. The lowest BCUT2D eigenvalue weighted by Gasteiger charge is -2.09. The maximum Gasteiger partial charge on any atom is 0.110 e. The van der Waals surface area contributed by atoms with E-state index >= 15 is 0 Å². The van der Waals surface area contributed by atoms with E-state index in [2.05, 4.69) is 36.6 Å². The molecule has 0 bridgehead atoms. The molecule has 1 heterocycles. The van der Waals surface area contributed by atoms with E-state index in [4.69, 9.17) is 10.7 Å². The molecule has 0 saturated heterocycles. The van der Waals surface area contributed by atoms with Gasteiger partial charge in [-0.25, -0.2) is 4.98 Å². The van der Waals surface area contributed by atoms with Gasteiger partial charge >= 0.3 is 0 Å². The molecule has 0 unspecified atom stereocenters. The van der Waals surface area contributed by atoms with Crippen LogP contribution in [0.4, 0.5) is 0 Å². The average Bonchev–Trinajstić information content (AvgIpc) is 3.10.